The first-order chi connectivity index (χ1) is 11.8. The average Bonchev–Trinajstić information content (AvgIpc) is 2.65. The number of unbranched alkanes of at least 4 members (excludes halogenated alkanes) is 1. The first kappa shape index (κ1) is 15.9. The van der Waals surface area contributed by atoms with Crippen molar-refractivity contribution in [2.75, 3.05) is 0 Å². The first-order valence-electron chi connectivity index (χ1n) is 8.06. The molecule has 0 unspecified atom stereocenters. The molecule has 4 nitrogen and oxygen atoms in total. The van der Waals surface area contributed by atoms with Gasteiger partial charge in [0.05, 0.1) is 16.8 Å². The molecule has 0 spiro atoms. The van der Waals surface area contributed by atoms with Gasteiger partial charge in [-0.2, -0.15) is 5.10 Å². The van der Waals surface area contributed by atoms with Gasteiger partial charge in [0.2, 0.25) is 0 Å². The minimum Gasteiger partial charge on any atom is -0.267 e. The van der Waals surface area contributed by atoms with E-state index < -0.39 is 0 Å². The first-order valence-corrected chi connectivity index (χ1v) is 8.06. The number of hydrogen-bond acceptors (Lipinski definition) is 3. The summed E-state index contributed by atoms with van der Waals surface area (Å²) in [6.07, 6.45) is 3.56. The molecule has 0 saturated carbocycles. The van der Waals surface area contributed by atoms with Gasteiger partial charge in [-0.3, -0.25) is 4.79 Å². The fraction of sp³-hybridized carbons (Fsp3) is 0.150. The van der Waals surface area contributed by atoms with E-state index in [1.54, 1.807) is 6.21 Å². The van der Waals surface area contributed by atoms with Gasteiger partial charge < -0.3 is 0 Å². The van der Waals surface area contributed by atoms with E-state index in [0.717, 1.165) is 35.0 Å². The van der Waals surface area contributed by atoms with Gasteiger partial charge in [0.1, 0.15) is 0 Å². The third kappa shape index (κ3) is 3.49. The van der Waals surface area contributed by atoms with Crippen LogP contribution in [0.25, 0.3) is 22.2 Å². The van der Waals surface area contributed by atoms with Crippen LogP contribution in [0, 0.1) is 0 Å². The number of rotatable bonds is 5. The summed E-state index contributed by atoms with van der Waals surface area (Å²) in [6, 6.07) is 19.3. The minimum absolute atomic E-state index is 0.224. The summed E-state index contributed by atoms with van der Waals surface area (Å²) >= 11 is 0. The second-order valence-electron chi connectivity index (χ2n) is 5.48. The molecule has 0 aliphatic rings. The van der Waals surface area contributed by atoms with Gasteiger partial charge in [-0.1, -0.05) is 61.9 Å². The summed E-state index contributed by atoms with van der Waals surface area (Å²) in [5, 5.41) is 4.82. The van der Waals surface area contributed by atoms with Gasteiger partial charge in [0, 0.05) is 17.2 Å². The van der Waals surface area contributed by atoms with Crippen LogP contribution >= 0.6 is 0 Å². The van der Waals surface area contributed by atoms with Crippen LogP contribution in [0.4, 0.5) is 0 Å². The van der Waals surface area contributed by atoms with Gasteiger partial charge in [-0.15, -0.1) is 0 Å². The normalized spacial score (nSPS) is 11.0. The molecule has 1 heterocycles. The maximum absolute atomic E-state index is 12.6. The Balaban J connectivity index is 2.03. The molecule has 1 aromatic heterocycles. The van der Waals surface area contributed by atoms with E-state index in [2.05, 4.69) is 22.4 Å². The molecular weight excluding hydrogens is 298 g/mol. The summed E-state index contributed by atoms with van der Waals surface area (Å²) in [5.74, 6) is -0.224. The molecule has 2 aromatic carbocycles. The number of carbonyl (C=O) groups is 1. The van der Waals surface area contributed by atoms with Crippen LogP contribution in [-0.2, 0) is 0 Å². The summed E-state index contributed by atoms with van der Waals surface area (Å²) in [4.78, 5) is 17.2. The summed E-state index contributed by atoms with van der Waals surface area (Å²) < 4.78 is 0. The van der Waals surface area contributed by atoms with Crippen LogP contribution in [0.1, 0.15) is 30.1 Å². The van der Waals surface area contributed by atoms with Gasteiger partial charge in [0.15, 0.2) is 0 Å². The predicted molar refractivity (Wildman–Crippen MR) is 98.0 cm³/mol. The SMILES string of the molecule is CCC/C=N\NC(=O)c1cc(-c2ccccc2)nc2ccccc12. The fourth-order valence-electron chi connectivity index (χ4n) is 2.48. The smallest absolute Gasteiger partial charge is 0.267 e. The lowest BCUT2D eigenvalue weighted by Gasteiger charge is -2.09. The van der Waals surface area contributed by atoms with Crippen molar-refractivity contribution in [3.8, 4) is 11.3 Å². The van der Waals surface area contributed by atoms with Gasteiger partial charge >= 0.3 is 0 Å². The highest BCUT2D eigenvalue weighted by Crippen LogP contribution is 2.24. The molecule has 120 valence electrons. The van der Waals surface area contributed by atoms with E-state index in [1.807, 2.05) is 60.7 Å². The highest BCUT2D eigenvalue weighted by atomic mass is 16.2. The Morgan fingerprint density at radius 1 is 1.12 bits per heavy atom. The lowest BCUT2D eigenvalue weighted by atomic mass is 10.0. The highest BCUT2D eigenvalue weighted by molar-refractivity contribution is 6.07. The zero-order valence-corrected chi connectivity index (χ0v) is 13.6. The third-order valence-corrected chi connectivity index (χ3v) is 3.71. The molecule has 0 bridgehead atoms. The van der Waals surface area contributed by atoms with Crippen molar-refractivity contribution in [2.24, 2.45) is 5.10 Å². The molecular formula is C20H19N3O. The van der Waals surface area contributed by atoms with Crippen molar-refractivity contribution in [3.05, 3.63) is 66.2 Å². The van der Waals surface area contributed by atoms with Gasteiger partial charge in [-0.05, 0) is 18.6 Å². The molecule has 0 aliphatic heterocycles. The number of fused-ring (bicyclic) bond motifs is 1. The molecule has 3 rings (SSSR count). The predicted octanol–water partition coefficient (Wildman–Crippen LogP) is 4.42. The molecule has 0 saturated heterocycles. The quantitative estimate of drug-likeness (QED) is 0.559. The molecule has 1 N–H and O–H groups in total. The molecule has 24 heavy (non-hydrogen) atoms. The number of benzene rings is 2. The largest absolute Gasteiger partial charge is 0.272 e. The van der Waals surface area contributed by atoms with Crippen molar-refractivity contribution in [3.63, 3.8) is 0 Å². The molecule has 0 fully saturated rings. The number of para-hydroxylation sites is 1. The van der Waals surface area contributed by atoms with Crippen LogP contribution in [0.5, 0.6) is 0 Å². The van der Waals surface area contributed by atoms with Crippen molar-refractivity contribution in [2.45, 2.75) is 19.8 Å². The number of nitrogens with one attached hydrogen (secondary N) is 1. The van der Waals surface area contributed by atoms with Crippen LogP contribution in [0.2, 0.25) is 0 Å². The van der Waals surface area contributed by atoms with Crippen LogP contribution < -0.4 is 5.43 Å². The summed E-state index contributed by atoms with van der Waals surface area (Å²) in [5.41, 5.74) is 5.73. The van der Waals surface area contributed by atoms with Crippen molar-refractivity contribution >= 4 is 23.0 Å². The molecule has 1 amide bonds. The minimum atomic E-state index is -0.224. The third-order valence-electron chi connectivity index (χ3n) is 3.71. The Hall–Kier alpha value is -3.01. The zero-order chi connectivity index (χ0) is 16.8. The van der Waals surface area contributed by atoms with Gasteiger partial charge in [0.25, 0.3) is 5.91 Å². The number of hydrazone groups is 1. The lowest BCUT2D eigenvalue weighted by molar-refractivity contribution is 0.0956. The number of nitrogens with zero attached hydrogens (tertiary/aromatic N) is 2. The standard InChI is InChI=1S/C20H19N3O/c1-2-3-13-21-23-20(24)17-14-19(15-9-5-4-6-10-15)22-18-12-8-7-11-16(17)18/h4-14H,2-3H2,1H3,(H,23,24)/b21-13-. The highest BCUT2D eigenvalue weighted by Gasteiger charge is 2.13. The Kier molecular flexibility index (Phi) is 4.96. The molecule has 0 aliphatic carbocycles. The second-order valence-corrected chi connectivity index (χ2v) is 5.48. The lowest BCUT2D eigenvalue weighted by Crippen LogP contribution is -2.18. The topological polar surface area (TPSA) is 54.4 Å². The number of pyridine rings is 1. The molecule has 0 atom stereocenters. The zero-order valence-electron chi connectivity index (χ0n) is 13.6. The van der Waals surface area contributed by atoms with Crippen LogP contribution in [0.15, 0.2) is 65.8 Å². The Labute approximate surface area is 141 Å². The van der Waals surface area contributed by atoms with E-state index in [4.69, 9.17) is 0 Å². The summed E-state index contributed by atoms with van der Waals surface area (Å²) in [6.45, 7) is 2.07. The fourth-order valence-corrected chi connectivity index (χ4v) is 2.48. The monoisotopic (exact) mass is 317 g/mol. The Morgan fingerprint density at radius 3 is 2.67 bits per heavy atom. The van der Waals surface area contributed by atoms with Crippen molar-refractivity contribution in [1.29, 1.82) is 0 Å². The van der Waals surface area contributed by atoms with E-state index in [0.29, 0.717) is 5.56 Å². The maximum Gasteiger partial charge on any atom is 0.272 e. The van der Waals surface area contributed by atoms with E-state index in [-0.39, 0.29) is 5.91 Å². The van der Waals surface area contributed by atoms with Gasteiger partial charge in [-0.25, -0.2) is 10.4 Å². The number of hydrogen-bond donors (Lipinski definition) is 1. The molecule has 3 aromatic rings. The maximum atomic E-state index is 12.6. The number of carbonyl (C=O) groups excluding carboxylic acids is 1. The number of amides is 1. The van der Waals surface area contributed by atoms with E-state index in [9.17, 15) is 4.79 Å². The van der Waals surface area contributed by atoms with Crippen molar-refractivity contribution in [1.82, 2.24) is 10.4 Å². The Bertz CT molecular complexity index is 872. The average molecular weight is 317 g/mol. The van der Waals surface area contributed by atoms with Crippen LogP contribution in [0.3, 0.4) is 0 Å². The molecule has 0 radical (unpaired) electrons. The van der Waals surface area contributed by atoms with Crippen LogP contribution in [-0.4, -0.2) is 17.1 Å². The molecule has 4 heteroatoms. The second kappa shape index (κ2) is 7.51. The van der Waals surface area contributed by atoms with E-state index in [1.165, 1.54) is 0 Å². The number of aromatic nitrogens is 1. The summed E-state index contributed by atoms with van der Waals surface area (Å²) in [7, 11) is 0. The Morgan fingerprint density at radius 2 is 1.88 bits per heavy atom. The van der Waals surface area contributed by atoms with Crippen molar-refractivity contribution < 1.29 is 4.79 Å². The van der Waals surface area contributed by atoms with E-state index >= 15 is 0 Å².